The minimum absolute atomic E-state index is 0.0744. The van der Waals surface area contributed by atoms with E-state index in [4.69, 9.17) is 23.2 Å². The number of amides is 1. The first-order valence-electron chi connectivity index (χ1n) is 8.28. The lowest BCUT2D eigenvalue weighted by atomic mass is 10.3. The molecule has 15 heteroatoms. The molecule has 32 heavy (non-hydrogen) atoms. The first-order chi connectivity index (χ1) is 14.8. The van der Waals surface area contributed by atoms with Gasteiger partial charge in [-0.05, 0) is 43.3 Å². The number of benzene rings is 2. The number of sulfonamides is 1. The molecule has 0 atom stereocenters. The molecule has 0 saturated heterocycles. The van der Waals surface area contributed by atoms with Crippen molar-refractivity contribution in [3.05, 3.63) is 63.6 Å². The van der Waals surface area contributed by atoms with E-state index in [-0.39, 0.29) is 27.1 Å². The molecule has 0 aliphatic carbocycles. The van der Waals surface area contributed by atoms with Gasteiger partial charge >= 0.3 is 6.36 Å². The maximum absolute atomic E-state index is 13.6. The van der Waals surface area contributed by atoms with E-state index in [0.717, 1.165) is 28.9 Å². The number of hydrogen-bond donors (Lipinski definition) is 1. The van der Waals surface area contributed by atoms with E-state index in [9.17, 15) is 30.8 Å². The number of aromatic nitrogens is 3. The number of carbonyl (C=O) groups excluding carboxylic acids is 1. The van der Waals surface area contributed by atoms with Crippen molar-refractivity contribution in [2.75, 3.05) is 0 Å². The molecule has 1 aromatic heterocycles. The normalized spacial score (nSPS) is 12.0. The average Bonchev–Trinajstić information content (AvgIpc) is 3.06. The Morgan fingerprint density at radius 1 is 1.12 bits per heavy atom. The Hall–Kier alpha value is -2.90. The molecule has 3 aromatic rings. The fourth-order valence-electron chi connectivity index (χ4n) is 2.50. The van der Waals surface area contributed by atoms with Gasteiger partial charge in [-0.3, -0.25) is 4.79 Å². The predicted molar refractivity (Wildman–Crippen MR) is 104 cm³/mol. The molecule has 0 fully saturated rings. The van der Waals surface area contributed by atoms with Gasteiger partial charge in [0.2, 0.25) is 0 Å². The summed E-state index contributed by atoms with van der Waals surface area (Å²) in [7, 11) is -4.46. The quantitative estimate of drug-likeness (QED) is 0.408. The third kappa shape index (κ3) is 5.11. The van der Waals surface area contributed by atoms with E-state index < -0.39 is 38.8 Å². The zero-order valence-corrected chi connectivity index (χ0v) is 17.9. The molecule has 0 aliphatic heterocycles. The molecule has 1 heterocycles. The zero-order chi connectivity index (χ0) is 23.8. The van der Waals surface area contributed by atoms with Crippen LogP contribution in [0.3, 0.4) is 0 Å². The van der Waals surface area contributed by atoms with E-state index in [1.165, 1.54) is 19.1 Å². The van der Waals surface area contributed by atoms with E-state index >= 15 is 0 Å². The van der Waals surface area contributed by atoms with E-state index in [1.54, 1.807) is 4.72 Å². The fourth-order valence-corrected chi connectivity index (χ4v) is 3.93. The van der Waals surface area contributed by atoms with Crippen molar-refractivity contribution in [3.8, 4) is 11.4 Å². The van der Waals surface area contributed by atoms with Crippen LogP contribution in [0.2, 0.25) is 10.0 Å². The van der Waals surface area contributed by atoms with Gasteiger partial charge in [-0.15, -0.1) is 18.3 Å². The van der Waals surface area contributed by atoms with E-state index in [2.05, 4.69) is 15.0 Å². The molecule has 0 spiro atoms. The van der Waals surface area contributed by atoms with Gasteiger partial charge in [0.1, 0.15) is 5.75 Å². The molecule has 0 saturated carbocycles. The molecule has 0 bridgehead atoms. The second-order valence-electron chi connectivity index (χ2n) is 6.11. The van der Waals surface area contributed by atoms with Crippen molar-refractivity contribution < 1.29 is 35.5 Å². The number of nitrogens with zero attached hydrogens (tertiary/aromatic N) is 3. The molecule has 1 N–H and O–H groups in total. The van der Waals surface area contributed by atoms with Crippen LogP contribution in [0.4, 0.5) is 17.6 Å². The molecule has 3 rings (SSSR count). The Kier molecular flexibility index (Phi) is 6.36. The maximum Gasteiger partial charge on any atom is 0.573 e. The van der Waals surface area contributed by atoms with Crippen LogP contribution >= 0.6 is 23.2 Å². The largest absolute Gasteiger partial charge is 0.573 e. The predicted octanol–water partition coefficient (Wildman–Crippen LogP) is 4.04. The van der Waals surface area contributed by atoms with Crippen molar-refractivity contribution >= 4 is 39.1 Å². The highest BCUT2D eigenvalue weighted by Crippen LogP contribution is 2.27. The van der Waals surface area contributed by atoms with Crippen molar-refractivity contribution in [2.24, 2.45) is 0 Å². The summed E-state index contributed by atoms with van der Waals surface area (Å²) >= 11 is 11.5. The van der Waals surface area contributed by atoms with Crippen LogP contribution in [0.15, 0.2) is 41.3 Å². The van der Waals surface area contributed by atoms with Crippen LogP contribution in [-0.2, 0) is 10.0 Å². The van der Waals surface area contributed by atoms with Crippen LogP contribution in [0.25, 0.3) is 5.69 Å². The topological polar surface area (TPSA) is 103 Å². The number of hydrogen-bond acceptors (Lipinski definition) is 6. The van der Waals surface area contributed by atoms with Gasteiger partial charge in [-0.25, -0.2) is 22.2 Å². The summed E-state index contributed by atoms with van der Waals surface area (Å²) in [6.07, 6.45) is -4.95. The summed E-state index contributed by atoms with van der Waals surface area (Å²) in [4.78, 5) is 12.0. The number of rotatable bonds is 5. The highest BCUT2D eigenvalue weighted by atomic mass is 35.5. The summed E-state index contributed by atoms with van der Waals surface area (Å²) in [5, 5.41) is 6.71. The molecule has 2 aromatic carbocycles. The summed E-state index contributed by atoms with van der Waals surface area (Å²) in [5.41, 5.74) is -0.152. The van der Waals surface area contributed by atoms with Gasteiger partial charge in [0.15, 0.2) is 11.5 Å². The Morgan fingerprint density at radius 2 is 1.69 bits per heavy atom. The first kappa shape index (κ1) is 23.8. The molecule has 0 unspecified atom stereocenters. The molecule has 0 aliphatic rings. The Bertz CT molecular complexity index is 1270. The molecular formula is C17H10Cl2F4N4O4S. The minimum atomic E-state index is -4.95. The minimum Gasteiger partial charge on any atom is -0.406 e. The van der Waals surface area contributed by atoms with Gasteiger partial charge in [-0.1, -0.05) is 28.4 Å². The van der Waals surface area contributed by atoms with E-state index in [0.29, 0.717) is 0 Å². The molecule has 1 amide bonds. The van der Waals surface area contributed by atoms with Crippen LogP contribution < -0.4 is 9.46 Å². The van der Waals surface area contributed by atoms with Gasteiger partial charge in [0.05, 0.1) is 26.3 Å². The summed E-state index contributed by atoms with van der Waals surface area (Å²) in [5.74, 6) is -2.66. The lowest BCUT2D eigenvalue weighted by Crippen LogP contribution is -2.31. The van der Waals surface area contributed by atoms with Crippen LogP contribution in [-0.4, -0.2) is 35.7 Å². The van der Waals surface area contributed by atoms with Crippen LogP contribution in [0.1, 0.15) is 16.2 Å². The second kappa shape index (κ2) is 8.56. The summed E-state index contributed by atoms with van der Waals surface area (Å²) in [6.45, 7) is 1.38. The number of nitrogens with one attached hydrogen (secondary N) is 1. The van der Waals surface area contributed by atoms with Crippen molar-refractivity contribution in [1.82, 2.24) is 19.7 Å². The third-order valence-electron chi connectivity index (χ3n) is 3.92. The Balaban J connectivity index is 1.83. The maximum atomic E-state index is 13.6. The third-order valence-corrected chi connectivity index (χ3v) is 5.81. The molecular weight excluding hydrogens is 503 g/mol. The van der Waals surface area contributed by atoms with Crippen molar-refractivity contribution in [3.63, 3.8) is 0 Å². The Morgan fingerprint density at radius 3 is 2.22 bits per heavy atom. The smallest absolute Gasteiger partial charge is 0.406 e. The molecule has 0 radical (unpaired) electrons. The summed E-state index contributed by atoms with van der Waals surface area (Å²) in [6, 6.07) is 5.54. The lowest BCUT2D eigenvalue weighted by Gasteiger charge is -2.10. The monoisotopic (exact) mass is 512 g/mol. The average molecular weight is 513 g/mol. The lowest BCUT2D eigenvalue weighted by molar-refractivity contribution is -0.274. The highest BCUT2D eigenvalue weighted by Gasteiger charge is 2.31. The van der Waals surface area contributed by atoms with Crippen LogP contribution in [0, 0.1) is 12.7 Å². The SMILES string of the molecule is Cc1c(C(=O)NS(=O)(=O)c2ccc(OC(F)(F)F)cc2)nnn1-c1cc(Cl)c(F)c(Cl)c1. The number of ether oxygens (including phenoxy) is 1. The molecule has 170 valence electrons. The van der Waals surface area contributed by atoms with Gasteiger partial charge in [0, 0.05) is 0 Å². The number of alkyl halides is 3. The van der Waals surface area contributed by atoms with Gasteiger partial charge in [-0.2, -0.15) is 0 Å². The summed E-state index contributed by atoms with van der Waals surface area (Å²) < 4.78 is 81.5. The van der Waals surface area contributed by atoms with E-state index in [1.807, 2.05) is 0 Å². The van der Waals surface area contributed by atoms with Crippen LogP contribution in [0.5, 0.6) is 5.75 Å². The van der Waals surface area contributed by atoms with Gasteiger partial charge < -0.3 is 4.74 Å². The first-order valence-corrected chi connectivity index (χ1v) is 10.5. The standard InChI is InChI=1S/C17H10Cl2F4N4O4S/c1-8-15(24-26-27(8)9-6-12(18)14(20)13(19)7-9)16(28)25-32(29,30)11-4-2-10(3-5-11)31-17(21,22)23/h2-7H,1H3,(H,25,28). The fraction of sp³-hybridized carbons (Fsp3) is 0.118. The zero-order valence-electron chi connectivity index (χ0n) is 15.6. The highest BCUT2D eigenvalue weighted by molar-refractivity contribution is 7.90. The number of carbonyl (C=O) groups is 1. The van der Waals surface area contributed by atoms with Crippen molar-refractivity contribution in [1.29, 1.82) is 0 Å². The molecule has 8 nitrogen and oxygen atoms in total. The van der Waals surface area contributed by atoms with Gasteiger partial charge in [0.25, 0.3) is 15.9 Å². The Labute approximate surface area is 187 Å². The second-order valence-corrected chi connectivity index (χ2v) is 8.61. The number of halogens is 6. The van der Waals surface area contributed by atoms with Crippen molar-refractivity contribution in [2.45, 2.75) is 18.2 Å².